The molecule has 0 atom stereocenters. The molecule has 3 rings (SSSR count). The third-order valence-electron chi connectivity index (χ3n) is 4.12. The molecule has 0 bridgehead atoms. The van der Waals surface area contributed by atoms with Gasteiger partial charge in [-0.3, -0.25) is 19.3 Å². The highest BCUT2D eigenvalue weighted by molar-refractivity contribution is 5.92. The summed E-state index contributed by atoms with van der Waals surface area (Å²) in [4.78, 5) is 16.6. The fourth-order valence-corrected chi connectivity index (χ4v) is 2.85. The van der Waals surface area contributed by atoms with E-state index in [0.29, 0.717) is 12.2 Å². The van der Waals surface area contributed by atoms with E-state index >= 15 is 0 Å². The molecular formula is C17H22FN5O. The number of aromatic nitrogens is 2. The SMILES string of the molecule is Cn1cc(CN2CCN(CC(=O)Nc3ccc(F)cc3)CC2)cn1. The van der Waals surface area contributed by atoms with E-state index in [4.69, 9.17) is 0 Å². The number of nitrogens with zero attached hydrogens (tertiary/aromatic N) is 4. The minimum atomic E-state index is -0.308. The van der Waals surface area contributed by atoms with Gasteiger partial charge < -0.3 is 5.32 Å². The predicted molar refractivity (Wildman–Crippen MR) is 90.0 cm³/mol. The molecule has 1 fully saturated rings. The van der Waals surface area contributed by atoms with Crippen molar-refractivity contribution in [2.75, 3.05) is 38.0 Å². The quantitative estimate of drug-likeness (QED) is 0.898. The number of piperazine rings is 1. The standard InChI is InChI=1S/C17H22FN5O/c1-21-11-14(10-19-21)12-22-6-8-23(9-7-22)13-17(24)20-16-4-2-15(18)3-5-16/h2-5,10-11H,6-9,12-13H2,1H3,(H,20,24). The first-order valence-electron chi connectivity index (χ1n) is 8.06. The van der Waals surface area contributed by atoms with E-state index in [0.717, 1.165) is 32.7 Å². The Hall–Kier alpha value is -2.25. The Bertz CT molecular complexity index is 677. The molecule has 1 amide bonds. The average Bonchev–Trinajstić information content (AvgIpc) is 2.96. The molecule has 2 heterocycles. The van der Waals surface area contributed by atoms with E-state index in [2.05, 4.69) is 20.2 Å². The summed E-state index contributed by atoms with van der Waals surface area (Å²) in [5, 5.41) is 6.98. The van der Waals surface area contributed by atoms with Crippen LogP contribution in [0.25, 0.3) is 0 Å². The molecule has 2 aromatic rings. The molecule has 6 nitrogen and oxygen atoms in total. The molecule has 128 valence electrons. The van der Waals surface area contributed by atoms with Gasteiger partial charge in [-0.15, -0.1) is 0 Å². The molecule has 1 saturated heterocycles. The topological polar surface area (TPSA) is 53.4 Å². The average molecular weight is 331 g/mol. The van der Waals surface area contributed by atoms with Gasteiger partial charge in [0.1, 0.15) is 5.82 Å². The Labute approximate surface area is 140 Å². The summed E-state index contributed by atoms with van der Waals surface area (Å²) in [5.41, 5.74) is 1.83. The Morgan fingerprint density at radius 3 is 2.46 bits per heavy atom. The van der Waals surface area contributed by atoms with Gasteiger partial charge in [0.15, 0.2) is 0 Å². The lowest BCUT2D eigenvalue weighted by molar-refractivity contribution is -0.117. The molecule has 1 N–H and O–H groups in total. The molecule has 7 heteroatoms. The monoisotopic (exact) mass is 331 g/mol. The number of amides is 1. The van der Waals surface area contributed by atoms with Crippen LogP contribution in [0, 0.1) is 5.82 Å². The third-order valence-corrected chi connectivity index (χ3v) is 4.12. The predicted octanol–water partition coefficient (Wildman–Crippen LogP) is 1.32. The van der Waals surface area contributed by atoms with E-state index < -0.39 is 0 Å². The summed E-state index contributed by atoms with van der Waals surface area (Å²) in [6.45, 7) is 4.83. The van der Waals surface area contributed by atoms with Crippen molar-refractivity contribution < 1.29 is 9.18 Å². The van der Waals surface area contributed by atoms with Crippen molar-refractivity contribution in [2.24, 2.45) is 7.05 Å². The second-order valence-corrected chi connectivity index (χ2v) is 6.13. The fourth-order valence-electron chi connectivity index (χ4n) is 2.85. The number of nitrogens with one attached hydrogen (secondary N) is 1. The van der Waals surface area contributed by atoms with E-state index in [9.17, 15) is 9.18 Å². The third kappa shape index (κ3) is 4.62. The van der Waals surface area contributed by atoms with Crippen LogP contribution in [0.2, 0.25) is 0 Å². The number of carbonyl (C=O) groups is 1. The van der Waals surface area contributed by atoms with Crippen LogP contribution in [0.5, 0.6) is 0 Å². The number of rotatable bonds is 5. The van der Waals surface area contributed by atoms with E-state index in [-0.39, 0.29) is 11.7 Å². The largest absolute Gasteiger partial charge is 0.325 e. The van der Waals surface area contributed by atoms with Crippen LogP contribution < -0.4 is 5.32 Å². The van der Waals surface area contributed by atoms with Crippen LogP contribution in [0.3, 0.4) is 0 Å². The normalized spacial score (nSPS) is 16.2. The Kier molecular flexibility index (Phi) is 5.22. The van der Waals surface area contributed by atoms with Crippen molar-refractivity contribution in [3.8, 4) is 0 Å². The van der Waals surface area contributed by atoms with Gasteiger partial charge >= 0.3 is 0 Å². The first kappa shape index (κ1) is 16.6. The Morgan fingerprint density at radius 1 is 1.17 bits per heavy atom. The summed E-state index contributed by atoms with van der Waals surface area (Å²) in [6.07, 6.45) is 3.92. The minimum Gasteiger partial charge on any atom is -0.325 e. The number of hydrogen-bond donors (Lipinski definition) is 1. The number of benzene rings is 1. The second-order valence-electron chi connectivity index (χ2n) is 6.13. The lowest BCUT2D eigenvalue weighted by atomic mass is 10.2. The van der Waals surface area contributed by atoms with Gasteiger partial charge in [0, 0.05) is 57.2 Å². The molecule has 24 heavy (non-hydrogen) atoms. The van der Waals surface area contributed by atoms with Gasteiger partial charge in [0.05, 0.1) is 12.7 Å². The van der Waals surface area contributed by atoms with Gasteiger partial charge in [-0.05, 0) is 24.3 Å². The summed E-state index contributed by atoms with van der Waals surface area (Å²) < 4.78 is 14.7. The summed E-state index contributed by atoms with van der Waals surface area (Å²) >= 11 is 0. The summed E-state index contributed by atoms with van der Waals surface area (Å²) in [7, 11) is 1.92. The Balaban J connectivity index is 1.41. The van der Waals surface area contributed by atoms with E-state index in [1.165, 1.54) is 17.7 Å². The molecule has 0 saturated carbocycles. The highest BCUT2D eigenvalue weighted by Gasteiger charge is 2.19. The zero-order valence-corrected chi connectivity index (χ0v) is 13.8. The lowest BCUT2D eigenvalue weighted by Crippen LogP contribution is -2.48. The van der Waals surface area contributed by atoms with Crippen LogP contribution in [-0.4, -0.2) is 58.2 Å². The molecule has 1 aliphatic heterocycles. The number of carbonyl (C=O) groups excluding carboxylic acids is 1. The number of aryl methyl sites for hydroxylation is 1. The van der Waals surface area contributed by atoms with Crippen LogP contribution in [-0.2, 0) is 18.4 Å². The number of halogens is 1. The maximum absolute atomic E-state index is 12.9. The highest BCUT2D eigenvalue weighted by atomic mass is 19.1. The highest BCUT2D eigenvalue weighted by Crippen LogP contribution is 2.10. The molecule has 0 unspecified atom stereocenters. The van der Waals surface area contributed by atoms with Gasteiger partial charge in [0.25, 0.3) is 0 Å². The van der Waals surface area contributed by atoms with Gasteiger partial charge in [0.2, 0.25) is 5.91 Å². The van der Waals surface area contributed by atoms with Crippen molar-refractivity contribution in [1.29, 1.82) is 0 Å². The molecule has 1 aromatic carbocycles. The molecule has 1 aliphatic rings. The first-order valence-corrected chi connectivity index (χ1v) is 8.06. The van der Waals surface area contributed by atoms with Crippen molar-refractivity contribution in [2.45, 2.75) is 6.54 Å². The first-order chi connectivity index (χ1) is 11.6. The van der Waals surface area contributed by atoms with E-state index in [1.54, 1.807) is 12.1 Å². The lowest BCUT2D eigenvalue weighted by Gasteiger charge is -2.34. The van der Waals surface area contributed by atoms with Crippen molar-refractivity contribution >= 4 is 11.6 Å². The molecule has 1 aromatic heterocycles. The van der Waals surface area contributed by atoms with Gasteiger partial charge in [-0.25, -0.2) is 4.39 Å². The fraction of sp³-hybridized carbons (Fsp3) is 0.412. The minimum absolute atomic E-state index is 0.0673. The van der Waals surface area contributed by atoms with Crippen molar-refractivity contribution in [3.05, 3.63) is 48.0 Å². The maximum atomic E-state index is 12.9. The zero-order valence-electron chi connectivity index (χ0n) is 13.8. The van der Waals surface area contributed by atoms with Crippen molar-refractivity contribution in [1.82, 2.24) is 19.6 Å². The number of anilines is 1. The van der Waals surface area contributed by atoms with Gasteiger partial charge in [-0.2, -0.15) is 5.10 Å². The molecule has 0 spiro atoms. The van der Waals surface area contributed by atoms with E-state index in [1.807, 2.05) is 24.1 Å². The Morgan fingerprint density at radius 2 is 1.83 bits per heavy atom. The smallest absolute Gasteiger partial charge is 0.238 e. The van der Waals surface area contributed by atoms with Crippen LogP contribution >= 0.6 is 0 Å². The zero-order chi connectivity index (χ0) is 16.9. The maximum Gasteiger partial charge on any atom is 0.238 e. The van der Waals surface area contributed by atoms with Crippen LogP contribution in [0.4, 0.5) is 10.1 Å². The second kappa shape index (κ2) is 7.55. The summed E-state index contributed by atoms with van der Waals surface area (Å²) in [6, 6.07) is 5.82. The summed E-state index contributed by atoms with van der Waals surface area (Å²) in [5.74, 6) is -0.375. The van der Waals surface area contributed by atoms with Crippen LogP contribution in [0.15, 0.2) is 36.7 Å². The molecule has 0 aliphatic carbocycles. The van der Waals surface area contributed by atoms with Crippen LogP contribution in [0.1, 0.15) is 5.56 Å². The number of hydrogen-bond acceptors (Lipinski definition) is 4. The molecule has 0 radical (unpaired) electrons. The van der Waals surface area contributed by atoms with Crippen molar-refractivity contribution in [3.63, 3.8) is 0 Å². The molecular weight excluding hydrogens is 309 g/mol. The van der Waals surface area contributed by atoms with Gasteiger partial charge in [-0.1, -0.05) is 0 Å².